The molecule has 226 valence electrons. The molecule has 0 aromatic rings. The Hall–Kier alpha value is -1.34. The number of nitrogens with zero attached hydrogens (tertiary/aromatic N) is 2. The fourth-order valence-corrected chi connectivity index (χ4v) is 10.3. The Labute approximate surface area is 241 Å². The average molecular weight is 558 g/mol. The van der Waals surface area contributed by atoms with Gasteiger partial charge in [0.15, 0.2) is 11.4 Å². The third-order valence-electron chi connectivity index (χ3n) is 12.9. The van der Waals surface area contributed by atoms with Gasteiger partial charge >= 0.3 is 0 Å². The van der Waals surface area contributed by atoms with Crippen molar-refractivity contribution in [2.24, 2.45) is 56.6 Å². The van der Waals surface area contributed by atoms with Gasteiger partial charge in [0.1, 0.15) is 0 Å². The van der Waals surface area contributed by atoms with E-state index in [9.17, 15) is 19.8 Å². The first-order valence-corrected chi connectivity index (χ1v) is 16.5. The molecule has 0 bridgehead atoms. The summed E-state index contributed by atoms with van der Waals surface area (Å²) in [6, 6.07) is -0.451. The number of Topliss-reactive ketones (excluding diaryl/α,β-unsaturated/α-hetero) is 1. The van der Waals surface area contributed by atoms with Crippen LogP contribution in [0.15, 0.2) is 10.2 Å². The van der Waals surface area contributed by atoms with Crippen molar-refractivity contribution in [3.63, 3.8) is 0 Å². The first-order valence-electron chi connectivity index (χ1n) is 16.5. The topological polar surface area (TPSA) is 111 Å². The molecule has 4 fully saturated rings. The molecule has 0 spiro atoms. The molecule has 1 aliphatic heterocycles. The number of rotatable bonds is 11. The zero-order valence-corrected chi connectivity index (χ0v) is 25.7. The maximum atomic E-state index is 13.1. The predicted octanol–water partition coefficient (Wildman–Crippen LogP) is 6.21. The van der Waals surface area contributed by atoms with E-state index < -0.39 is 6.04 Å². The molecule has 11 atom stereocenters. The minimum atomic E-state index is -0.451. The molecule has 1 amide bonds. The van der Waals surface area contributed by atoms with Gasteiger partial charge in [-0.2, -0.15) is 10.2 Å². The summed E-state index contributed by atoms with van der Waals surface area (Å²) in [5, 5.41) is 33.3. The Bertz CT molecular complexity index is 979. The molecule has 1 heterocycles. The van der Waals surface area contributed by atoms with Gasteiger partial charge in [-0.15, -0.1) is 0 Å². The highest BCUT2D eigenvalue weighted by Gasteiger charge is 2.63. The number of ketones is 1. The Morgan fingerprint density at radius 2 is 1.70 bits per heavy atom. The number of aliphatic hydroxyl groups is 2. The van der Waals surface area contributed by atoms with Crippen LogP contribution in [0.5, 0.6) is 0 Å². The number of aliphatic hydroxyl groups excluding tert-OH is 2. The molecule has 0 aromatic heterocycles. The zero-order valence-electron chi connectivity index (χ0n) is 25.7. The van der Waals surface area contributed by atoms with Crippen LogP contribution in [-0.4, -0.2) is 45.8 Å². The highest BCUT2D eigenvalue weighted by molar-refractivity contribution is 5.89. The number of carbonyl (C=O) groups is 2. The molecule has 5 rings (SSSR count). The predicted molar refractivity (Wildman–Crippen MR) is 155 cm³/mol. The summed E-state index contributed by atoms with van der Waals surface area (Å²) in [4.78, 5) is 25.8. The fraction of sp³-hybridized carbons (Fsp3) is 0.939. The van der Waals surface area contributed by atoms with Crippen LogP contribution in [0, 0.1) is 46.3 Å². The first-order chi connectivity index (χ1) is 18.9. The monoisotopic (exact) mass is 557 g/mol. The second-order valence-electron chi connectivity index (χ2n) is 15.2. The van der Waals surface area contributed by atoms with Crippen LogP contribution in [0.3, 0.4) is 0 Å². The lowest BCUT2D eigenvalue weighted by atomic mass is 9.43. The van der Waals surface area contributed by atoms with Crippen molar-refractivity contribution in [2.75, 3.05) is 0 Å². The standard InChI is InChI=1S/C33H55N3O4/c1-6-7-28(38)27(15-17-32(4)35-36-32)34-30(40)13-8-20(2)24-11-12-25-23-10-9-21-18-22(37)14-16-31(21,3)26(23)19-29(39)33(24,25)5/h20-27,29,37,39H,6-19H2,1-5H3,(H,34,40)/t20-,21-,22-,23+,24-,25+,26+,27?,29?,31+,33-/m1/s1. The van der Waals surface area contributed by atoms with Gasteiger partial charge < -0.3 is 15.5 Å². The van der Waals surface area contributed by atoms with E-state index >= 15 is 0 Å². The molecule has 2 unspecified atom stereocenters. The lowest BCUT2D eigenvalue weighted by Gasteiger charge is -2.62. The number of amides is 1. The summed E-state index contributed by atoms with van der Waals surface area (Å²) >= 11 is 0. The molecule has 0 aromatic carbocycles. The normalized spacial score (nSPS) is 42.7. The Morgan fingerprint density at radius 1 is 0.950 bits per heavy atom. The van der Waals surface area contributed by atoms with Crippen LogP contribution in [-0.2, 0) is 9.59 Å². The summed E-state index contributed by atoms with van der Waals surface area (Å²) in [7, 11) is 0. The Balaban J connectivity index is 1.19. The van der Waals surface area contributed by atoms with Gasteiger partial charge in [-0.25, -0.2) is 0 Å². The second kappa shape index (κ2) is 11.4. The quantitative estimate of drug-likeness (QED) is 0.280. The van der Waals surface area contributed by atoms with Gasteiger partial charge in [-0.3, -0.25) is 9.59 Å². The lowest BCUT2D eigenvalue weighted by Crippen LogP contribution is -2.58. The molecule has 3 N–H and O–H groups in total. The highest BCUT2D eigenvalue weighted by Crippen LogP contribution is 2.68. The van der Waals surface area contributed by atoms with Gasteiger partial charge in [-0.1, -0.05) is 27.7 Å². The first kappa shape index (κ1) is 30.1. The molecule has 4 saturated carbocycles. The summed E-state index contributed by atoms with van der Waals surface area (Å²) in [5.41, 5.74) is -0.217. The fourth-order valence-electron chi connectivity index (χ4n) is 10.3. The minimum absolute atomic E-state index is 0.0363. The van der Waals surface area contributed by atoms with Crippen molar-refractivity contribution < 1.29 is 19.8 Å². The Kier molecular flexibility index (Phi) is 8.58. The number of hydrogen-bond acceptors (Lipinski definition) is 6. The molecule has 7 heteroatoms. The largest absolute Gasteiger partial charge is 0.393 e. The molecular formula is C33H55N3O4. The van der Waals surface area contributed by atoms with Crippen molar-refractivity contribution in [2.45, 2.75) is 148 Å². The number of hydrogen-bond donors (Lipinski definition) is 3. The van der Waals surface area contributed by atoms with Gasteiger partial charge in [0.25, 0.3) is 0 Å². The lowest BCUT2D eigenvalue weighted by molar-refractivity contribution is -0.175. The van der Waals surface area contributed by atoms with E-state index in [2.05, 4.69) is 36.3 Å². The van der Waals surface area contributed by atoms with E-state index in [0.717, 1.165) is 44.9 Å². The van der Waals surface area contributed by atoms with E-state index in [1.54, 1.807) is 0 Å². The molecule has 7 nitrogen and oxygen atoms in total. The maximum Gasteiger partial charge on any atom is 0.220 e. The van der Waals surface area contributed by atoms with Crippen molar-refractivity contribution in [1.29, 1.82) is 0 Å². The molecule has 0 radical (unpaired) electrons. The van der Waals surface area contributed by atoms with Crippen molar-refractivity contribution >= 4 is 11.7 Å². The van der Waals surface area contributed by atoms with Crippen LogP contribution in [0.25, 0.3) is 0 Å². The SMILES string of the molecule is CCCC(=O)C(CCC1(C)N=N1)NC(=O)CC[C@@H](C)[C@H]1CC[C@H]2[C@@H]3CC[C@@H]4C[C@H](O)CC[C@]4(C)[C@H]3CC(O)[C@]12C. The Morgan fingerprint density at radius 3 is 2.40 bits per heavy atom. The summed E-state index contributed by atoms with van der Waals surface area (Å²) < 4.78 is 0. The van der Waals surface area contributed by atoms with Crippen LogP contribution in [0.1, 0.15) is 125 Å². The number of fused-ring (bicyclic) bond motifs is 5. The van der Waals surface area contributed by atoms with Gasteiger partial charge in [0.2, 0.25) is 5.91 Å². The molecule has 0 saturated heterocycles. The van der Waals surface area contributed by atoms with Crippen LogP contribution in [0.4, 0.5) is 0 Å². The van der Waals surface area contributed by atoms with Gasteiger partial charge in [0, 0.05) is 12.8 Å². The van der Waals surface area contributed by atoms with Crippen LogP contribution >= 0.6 is 0 Å². The van der Waals surface area contributed by atoms with Crippen LogP contribution < -0.4 is 5.32 Å². The third-order valence-corrected chi connectivity index (χ3v) is 12.9. The summed E-state index contributed by atoms with van der Waals surface area (Å²) in [6.45, 7) is 11.1. The van der Waals surface area contributed by atoms with Crippen molar-refractivity contribution in [3.05, 3.63) is 0 Å². The van der Waals surface area contributed by atoms with E-state index in [1.807, 2.05) is 13.8 Å². The van der Waals surface area contributed by atoms with E-state index in [-0.39, 0.29) is 40.4 Å². The molecular weight excluding hydrogens is 502 g/mol. The van der Waals surface area contributed by atoms with E-state index in [0.29, 0.717) is 61.2 Å². The third kappa shape index (κ3) is 5.55. The van der Waals surface area contributed by atoms with E-state index in [4.69, 9.17) is 0 Å². The van der Waals surface area contributed by atoms with Crippen molar-refractivity contribution in [3.8, 4) is 0 Å². The van der Waals surface area contributed by atoms with Gasteiger partial charge in [-0.05, 0) is 130 Å². The van der Waals surface area contributed by atoms with Gasteiger partial charge in [0.05, 0.1) is 18.2 Å². The van der Waals surface area contributed by atoms with E-state index in [1.165, 1.54) is 19.3 Å². The molecule has 40 heavy (non-hydrogen) atoms. The smallest absolute Gasteiger partial charge is 0.220 e. The van der Waals surface area contributed by atoms with Crippen LogP contribution in [0.2, 0.25) is 0 Å². The molecule has 4 aliphatic carbocycles. The second-order valence-corrected chi connectivity index (χ2v) is 15.2. The van der Waals surface area contributed by atoms with Crippen molar-refractivity contribution in [1.82, 2.24) is 5.32 Å². The number of nitrogens with one attached hydrogen (secondary N) is 1. The maximum absolute atomic E-state index is 13.1. The summed E-state index contributed by atoms with van der Waals surface area (Å²) in [5.74, 6) is 3.19. The zero-order chi connectivity index (χ0) is 28.9. The minimum Gasteiger partial charge on any atom is -0.393 e. The summed E-state index contributed by atoms with van der Waals surface area (Å²) in [6.07, 6.45) is 11.9. The molecule has 5 aliphatic rings. The number of carbonyl (C=O) groups excluding carboxylic acids is 2. The highest BCUT2D eigenvalue weighted by atomic mass is 16.3. The average Bonchev–Trinajstić information content (AvgIpc) is 3.54.